The van der Waals surface area contributed by atoms with Gasteiger partial charge in [-0.15, -0.1) is 0 Å². The number of azide groups is 1. The molecule has 1 rings (SSSR count). The van der Waals surface area contributed by atoms with Crippen LogP contribution in [0.2, 0.25) is 0 Å². The molecule has 5 nitrogen and oxygen atoms in total. The van der Waals surface area contributed by atoms with E-state index in [0.717, 1.165) is 5.56 Å². The Balaban J connectivity index is 2.64. The molecule has 0 amide bonds. The van der Waals surface area contributed by atoms with E-state index in [-0.39, 0.29) is 12.4 Å². The molecule has 0 saturated carbocycles. The van der Waals surface area contributed by atoms with Crippen molar-refractivity contribution in [3.05, 3.63) is 40.3 Å². The second kappa shape index (κ2) is 5.67. The Morgan fingerprint density at radius 3 is 2.67 bits per heavy atom. The van der Waals surface area contributed by atoms with E-state index in [0.29, 0.717) is 12.3 Å². The Labute approximate surface area is 87.3 Å². The summed E-state index contributed by atoms with van der Waals surface area (Å²) < 4.78 is 4.80. The van der Waals surface area contributed by atoms with Gasteiger partial charge in [-0.3, -0.25) is 4.79 Å². The highest BCUT2D eigenvalue weighted by Crippen LogP contribution is 2.13. The Kier molecular flexibility index (Phi) is 4.19. The minimum atomic E-state index is -0.256. The van der Waals surface area contributed by atoms with Crippen LogP contribution >= 0.6 is 0 Å². The number of esters is 1. The number of hydrogen-bond acceptors (Lipinski definition) is 3. The normalized spacial score (nSPS) is 9.13. The van der Waals surface area contributed by atoms with Gasteiger partial charge in [0.25, 0.3) is 0 Å². The van der Waals surface area contributed by atoms with Gasteiger partial charge in [-0.25, -0.2) is 0 Å². The number of rotatable bonds is 4. The van der Waals surface area contributed by atoms with Crippen molar-refractivity contribution >= 4 is 11.7 Å². The van der Waals surface area contributed by atoms with Crippen LogP contribution in [0, 0.1) is 0 Å². The van der Waals surface area contributed by atoms with Crippen LogP contribution in [0.15, 0.2) is 29.4 Å². The Hall–Kier alpha value is -2.00. The predicted octanol–water partition coefficient (Wildman–Crippen LogP) is 2.73. The van der Waals surface area contributed by atoms with Crippen LogP contribution in [0.25, 0.3) is 10.4 Å². The molecule has 0 saturated heterocycles. The van der Waals surface area contributed by atoms with Gasteiger partial charge in [0.1, 0.15) is 0 Å². The molecule has 0 atom stereocenters. The minimum Gasteiger partial charge on any atom is -0.466 e. The maximum absolute atomic E-state index is 11.1. The topological polar surface area (TPSA) is 75.1 Å². The first-order chi connectivity index (χ1) is 7.26. The third kappa shape index (κ3) is 3.70. The van der Waals surface area contributed by atoms with E-state index in [4.69, 9.17) is 10.3 Å². The minimum absolute atomic E-state index is 0.240. The van der Waals surface area contributed by atoms with Crippen LogP contribution < -0.4 is 0 Å². The van der Waals surface area contributed by atoms with Crippen molar-refractivity contribution in [2.75, 3.05) is 6.61 Å². The lowest BCUT2D eigenvalue weighted by molar-refractivity contribution is -0.142. The predicted molar refractivity (Wildman–Crippen MR) is 55.6 cm³/mol. The van der Waals surface area contributed by atoms with Gasteiger partial charge in [-0.05, 0) is 18.0 Å². The van der Waals surface area contributed by atoms with Crippen molar-refractivity contribution in [3.8, 4) is 0 Å². The van der Waals surface area contributed by atoms with Crippen molar-refractivity contribution < 1.29 is 9.53 Å². The van der Waals surface area contributed by atoms with E-state index in [9.17, 15) is 4.79 Å². The Morgan fingerprint density at radius 2 is 2.13 bits per heavy atom. The fourth-order valence-corrected chi connectivity index (χ4v) is 1.11. The molecule has 0 unspecified atom stereocenters. The molecular formula is C10H11N3O2. The Morgan fingerprint density at radius 1 is 1.47 bits per heavy atom. The van der Waals surface area contributed by atoms with Crippen LogP contribution in [-0.2, 0) is 16.0 Å². The SMILES string of the molecule is CCOC(=O)Cc1ccc(N=[N+]=[N-])cc1. The van der Waals surface area contributed by atoms with Crippen LogP contribution in [0.3, 0.4) is 0 Å². The zero-order chi connectivity index (χ0) is 11.1. The molecule has 0 heterocycles. The van der Waals surface area contributed by atoms with Crippen LogP contribution in [-0.4, -0.2) is 12.6 Å². The van der Waals surface area contributed by atoms with Crippen molar-refractivity contribution in [1.82, 2.24) is 0 Å². The first-order valence-corrected chi connectivity index (χ1v) is 4.56. The van der Waals surface area contributed by atoms with Gasteiger partial charge in [0, 0.05) is 10.6 Å². The fourth-order valence-electron chi connectivity index (χ4n) is 1.11. The number of carbonyl (C=O) groups is 1. The van der Waals surface area contributed by atoms with Crippen LogP contribution in [0.5, 0.6) is 0 Å². The summed E-state index contributed by atoms with van der Waals surface area (Å²) >= 11 is 0. The van der Waals surface area contributed by atoms with Gasteiger partial charge >= 0.3 is 5.97 Å². The van der Waals surface area contributed by atoms with Crippen LogP contribution in [0.1, 0.15) is 12.5 Å². The standard InChI is InChI=1S/C10H11N3O2/c1-2-15-10(14)7-8-3-5-9(6-4-8)12-13-11/h3-6H,2,7H2,1H3. The fraction of sp³-hybridized carbons (Fsp3) is 0.300. The average Bonchev–Trinajstić information content (AvgIpc) is 2.22. The molecule has 1 aromatic carbocycles. The molecule has 0 spiro atoms. The van der Waals surface area contributed by atoms with E-state index in [2.05, 4.69) is 10.0 Å². The molecular weight excluding hydrogens is 194 g/mol. The summed E-state index contributed by atoms with van der Waals surface area (Å²) in [5, 5.41) is 3.43. The summed E-state index contributed by atoms with van der Waals surface area (Å²) in [6, 6.07) is 6.80. The van der Waals surface area contributed by atoms with Gasteiger partial charge in [0.15, 0.2) is 0 Å². The molecule has 0 aliphatic heterocycles. The summed E-state index contributed by atoms with van der Waals surface area (Å²) in [6.07, 6.45) is 0.240. The number of ether oxygens (including phenoxy) is 1. The molecule has 0 bridgehead atoms. The van der Waals surface area contributed by atoms with Crippen molar-refractivity contribution in [3.63, 3.8) is 0 Å². The molecule has 15 heavy (non-hydrogen) atoms. The number of benzene rings is 1. The first kappa shape index (κ1) is 11.1. The van der Waals surface area contributed by atoms with Gasteiger partial charge in [0.2, 0.25) is 0 Å². The van der Waals surface area contributed by atoms with Crippen LogP contribution in [0.4, 0.5) is 5.69 Å². The third-order valence-electron chi connectivity index (χ3n) is 1.75. The zero-order valence-corrected chi connectivity index (χ0v) is 8.38. The van der Waals surface area contributed by atoms with Crippen molar-refractivity contribution in [1.29, 1.82) is 0 Å². The van der Waals surface area contributed by atoms with Gasteiger partial charge in [-0.1, -0.05) is 29.4 Å². The first-order valence-electron chi connectivity index (χ1n) is 4.56. The summed E-state index contributed by atoms with van der Waals surface area (Å²) in [5.41, 5.74) is 9.56. The monoisotopic (exact) mass is 205 g/mol. The molecule has 0 aromatic heterocycles. The number of carbonyl (C=O) groups excluding carboxylic acids is 1. The quantitative estimate of drug-likeness (QED) is 0.328. The lowest BCUT2D eigenvalue weighted by Crippen LogP contribution is -2.07. The molecule has 0 radical (unpaired) electrons. The van der Waals surface area contributed by atoms with Gasteiger partial charge in [-0.2, -0.15) is 0 Å². The van der Waals surface area contributed by atoms with E-state index < -0.39 is 0 Å². The smallest absolute Gasteiger partial charge is 0.310 e. The van der Waals surface area contributed by atoms with E-state index in [1.807, 2.05) is 0 Å². The molecule has 0 fully saturated rings. The second-order valence-corrected chi connectivity index (χ2v) is 2.84. The largest absolute Gasteiger partial charge is 0.466 e. The van der Waals surface area contributed by atoms with Gasteiger partial charge < -0.3 is 4.74 Å². The maximum atomic E-state index is 11.1. The summed E-state index contributed by atoms with van der Waals surface area (Å²) in [7, 11) is 0. The third-order valence-corrected chi connectivity index (χ3v) is 1.75. The maximum Gasteiger partial charge on any atom is 0.310 e. The highest BCUT2D eigenvalue weighted by Gasteiger charge is 2.02. The van der Waals surface area contributed by atoms with E-state index in [1.165, 1.54) is 0 Å². The Bertz CT molecular complexity index is 380. The number of nitrogens with zero attached hydrogens (tertiary/aromatic N) is 3. The summed E-state index contributed by atoms with van der Waals surface area (Å²) in [6.45, 7) is 2.15. The average molecular weight is 205 g/mol. The molecule has 5 heteroatoms. The van der Waals surface area contributed by atoms with Gasteiger partial charge in [0.05, 0.1) is 13.0 Å². The van der Waals surface area contributed by atoms with E-state index in [1.54, 1.807) is 31.2 Å². The van der Waals surface area contributed by atoms with Crippen molar-refractivity contribution in [2.45, 2.75) is 13.3 Å². The highest BCUT2D eigenvalue weighted by atomic mass is 16.5. The lowest BCUT2D eigenvalue weighted by Gasteiger charge is -2.01. The lowest BCUT2D eigenvalue weighted by atomic mass is 10.1. The summed E-state index contributed by atoms with van der Waals surface area (Å²) in [5.74, 6) is -0.256. The highest BCUT2D eigenvalue weighted by molar-refractivity contribution is 5.72. The molecule has 0 N–H and O–H groups in total. The molecule has 0 aliphatic rings. The van der Waals surface area contributed by atoms with Crippen molar-refractivity contribution in [2.24, 2.45) is 5.11 Å². The number of hydrogen-bond donors (Lipinski definition) is 0. The van der Waals surface area contributed by atoms with E-state index >= 15 is 0 Å². The molecule has 0 aliphatic carbocycles. The second-order valence-electron chi connectivity index (χ2n) is 2.84. The zero-order valence-electron chi connectivity index (χ0n) is 8.38. The molecule has 78 valence electrons. The summed E-state index contributed by atoms with van der Waals surface area (Å²) in [4.78, 5) is 13.8. The molecule has 1 aromatic rings.